The Kier molecular flexibility index (Phi) is 9.19. The van der Waals surface area contributed by atoms with E-state index in [9.17, 15) is 9.59 Å². The van der Waals surface area contributed by atoms with E-state index in [1.54, 1.807) is 7.11 Å². The van der Waals surface area contributed by atoms with Gasteiger partial charge < -0.3 is 19.9 Å². The van der Waals surface area contributed by atoms with Crippen molar-refractivity contribution in [1.82, 2.24) is 4.90 Å². The van der Waals surface area contributed by atoms with Gasteiger partial charge in [-0.25, -0.2) is 0 Å². The first-order valence-electron chi connectivity index (χ1n) is 13.2. The van der Waals surface area contributed by atoms with Gasteiger partial charge in [0.2, 0.25) is 5.91 Å². The second-order valence-electron chi connectivity index (χ2n) is 9.55. The Labute approximate surface area is 220 Å². The van der Waals surface area contributed by atoms with Crippen molar-refractivity contribution >= 4 is 23.2 Å². The van der Waals surface area contributed by atoms with Crippen molar-refractivity contribution < 1.29 is 14.3 Å². The molecule has 0 unspecified atom stereocenters. The fraction of sp³-hybridized carbons (Fsp3) is 0.355. The Morgan fingerprint density at radius 3 is 2.08 bits per heavy atom. The summed E-state index contributed by atoms with van der Waals surface area (Å²) in [6, 6.07) is 23.5. The quantitative estimate of drug-likeness (QED) is 0.371. The number of aryl methyl sites for hydroxylation is 1. The SMILES string of the molecule is CCCCCc1ccc(C(=O)Nc2ccc(N3CCN(C(=O)Cc4ccc(OC)cc4)CC3)cc2)cc1. The van der Waals surface area contributed by atoms with E-state index in [0.717, 1.165) is 42.2 Å². The van der Waals surface area contributed by atoms with Gasteiger partial charge in [-0.05, 0) is 72.5 Å². The highest BCUT2D eigenvalue weighted by molar-refractivity contribution is 6.04. The molecule has 0 radical (unpaired) electrons. The van der Waals surface area contributed by atoms with Gasteiger partial charge >= 0.3 is 0 Å². The Balaban J connectivity index is 1.24. The first-order valence-corrected chi connectivity index (χ1v) is 13.2. The molecule has 3 aromatic rings. The lowest BCUT2D eigenvalue weighted by Gasteiger charge is -2.36. The summed E-state index contributed by atoms with van der Waals surface area (Å²) < 4.78 is 5.19. The van der Waals surface area contributed by atoms with Crippen LogP contribution in [0.2, 0.25) is 0 Å². The fourth-order valence-corrected chi connectivity index (χ4v) is 4.60. The van der Waals surface area contributed by atoms with E-state index in [4.69, 9.17) is 4.74 Å². The number of hydrogen-bond acceptors (Lipinski definition) is 4. The topological polar surface area (TPSA) is 61.9 Å². The molecule has 194 valence electrons. The van der Waals surface area contributed by atoms with Gasteiger partial charge in [0.25, 0.3) is 5.91 Å². The molecular formula is C31H37N3O3. The summed E-state index contributed by atoms with van der Waals surface area (Å²) in [7, 11) is 1.64. The molecular weight excluding hydrogens is 462 g/mol. The second-order valence-corrected chi connectivity index (χ2v) is 9.55. The molecule has 1 heterocycles. The van der Waals surface area contributed by atoms with E-state index < -0.39 is 0 Å². The molecule has 1 aliphatic heterocycles. The molecule has 2 amide bonds. The lowest BCUT2D eigenvalue weighted by molar-refractivity contribution is -0.130. The summed E-state index contributed by atoms with van der Waals surface area (Å²) in [6.45, 7) is 5.16. The number of nitrogens with one attached hydrogen (secondary N) is 1. The molecule has 0 spiro atoms. The van der Waals surface area contributed by atoms with Crippen LogP contribution in [0.4, 0.5) is 11.4 Å². The molecule has 0 atom stereocenters. The van der Waals surface area contributed by atoms with Crippen molar-refractivity contribution in [2.45, 2.75) is 39.0 Å². The van der Waals surface area contributed by atoms with Gasteiger partial charge in [-0.15, -0.1) is 0 Å². The zero-order valence-electron chi connectivity index (χ0n) is 21.9. The third-order valence-corrected chi connectivity index (χ3v) is 6.92. The maximum Gasteiger partial charge on any atom is 0.255 e. The Bertz CT molecular complexity index is 1150. The Morgan fingerprint density at radius 1 is 0.811 bits per heavy atom. The number of unbranched alkanes of at least 4 members (excludes halogenated alkanes) is 2. The van der Waals surface area contributed by atoms with E-state index >= 15 is 0 Å². The maximum absolute atomic E-state index is 12.7. The van der Waals surface area contributed by atoms with E-state index in [1.807, 2.05) is 65.6 Å². The first kappa shape index (κ1) is 26.3. The van der Waals surface area contributed by atoms with Gasteiger partial charge in [0.05, 0.1) is 13.5 Å². The molecule has 37 heavy (non-hydrogen) atoms. The number of anilines is 2. The monoisotopic (exact) mass is 499 g/mol. The minimum atomic E-state index is -0.100. The van der Waals surface area contributed by atoms with Gasteiger partial charge in [0, 0.05) is 43.1 Å². The zero-order chi connectivity index (χ0) is 26.0. The van der Waals surface area contributed by atoms with Gasteiger partial charge in [0.15, 0.2) is 0 Å². The minimum absolute atomic E-state index is 0.100. The van der Waals surface area contributed by atoms with Crippen LogP contribution in [-0.2, 0) is 17.6 Å². The predicted molar refractivity (Wildman–Crippen MR) is 150 cm³/mol. The van der Waals surface area contributed by atoms with Crippen LogP contribution in [0, 0.1) is 0 Å². The molecule has 0 aromatic heterocycles. The summed E-state index contributed by atoms with van der Waals surface area (Å²) in [5, 5.41) is 2.99. The van der Waals surface area contributed by atoms with Crippen LogP contribution in [0.25, 0.3) is 0 Å². The summed E-state index contributed by atoms with van der Waals surface area (Å²) in [6.07, 6.45) is 5.09. The number of carbonyl (C=O) groups is 2. The van der Waals surface area contributed by atoms with Crippen molar-refractivity contribution in [3.05, 3.63) is 89.5 Å². The molecule has 6 heteroatoms. The van der Waals surface area contributed by atoms with E-state index in [1.165, 1.54) is 24.8 Å². The molecule has 3 aromatic carbocycles. The summed E-state index contributed by atoms with van der Waals surface area (Å²) in [5.41, 5.74) is 4.80. The molecule has 1 aliphatic rings. The smallest absolute Gasteiger partial charge is 0.255 e. The number of rotatable bonds is 10. The van der Waals surface area contributed by atoms with Crippen LogP contribution in [0.5, 0.6) is 5.75 Å². The standard InChI is InChI=1S/C31H37N3O3/c1-3-4-5-6-24-7-11-26(12-8-24)31(36)32-27-13-15-28(16-14-27)33-19-21-34(22-20-33)30(35)23-25-9-17-29(37-2)18-10-25/h7-18H,3-6,19-23H2,1-2H3,(H,32,36). The fourth-order valence-electron chi connectivity index (χ4n) is 4.60. The van der Waals surface area contributed by atoms with Crippen LogP contribution in [0.3, 0.4) is 0 Å². The summed E-state index contributed by atoms with van der Waals surface area (Å²) >= 11 is 0. The molecule has 0 saturated carbocycles. The highest BCUT2D eigenvalue weighted by Gasteiger charge is 2.21. The lowest BCUT2D eigenvalue weighted by atomic mass is 10.1. The highest BCUT2D eigenvalue weighted by Crippen LogP contribution is 2.21. The number of benzene rings is 3. The van der Waals surface area contributed by atoms with E-state index in [0.29, 0.717) is 25.1 Å². The molecule has 1 N–H and O–H groups in total. The predicted octanol–water partition coefficient (Wildman–Crippen LogP) is 5.57. The summed E-state index contributed by atoms with van der Waals surface area (Å²) in [5.74, 6) is 0.843. The van der Waals surface area contributed by atoms with E-state index in [2.05, 4.69) is 29.3 Å². The van der Waals surface area contributed by atoms with Crippen LogP contribution < -0.4 is 15.0 Å². The lowest BCUT2D eigenvalue weighted by Crippen LogP contribution is -2.49. The van der Waals surface area contributed by atoms with Crippen molar-refractivity contribution in [3.8, 4) is 5.75 Å². The van der Waals surface area contributed by atoms with Crippen molar-refractivity contribution in [2.75, 3.05) is 43.5 Å². The van der Waals surface area contributed by atoms with Gasteiger partial charge in [0.1, 0.15) is 5.75 Å². The normalized spacial score (nSPS) is 13.4. The Hall–Kier alpha value is -3.80. The van der Waals surface area contributed by atoms with Gasteiger partial charge in [-0.1, -0.05) is 44.0 Å². The molecule has 1 saturated heterocycles. The molecule has 0 bridgehead atoms. The van der Waals surface area contributed by atoms with Crippen molar-refractivity contribution in [3.63, 3.8) is 0 Å². The Morgan fingerprint density at radius 2 is 1.46 bits per heavy atom. The molecule has 6 nitrogen and oxygen atoms in total. The third-order valence-electron chi connectivity index (χ3n) is 6.92. The number of piperazine rings is 1. The average molecular weight is 500 g/mol. The van der Waals surface area contributed by atoms with Gasteiger partial charge in [-0.2, -0.15) is 0 Å². The number of carbonyl (C=O) groups excluding carboxylic acids is 2. The minimum Gasteiger partial charge on any atom is -0.497 e. The van der Waals surface area contributed by atoms with E-state index in [-0.39, 0.29) is 11.8 Å². The largest absolute Gasteiger partial charge is 0.497 e. The highest BCUT2D eigenvalue weighted by atomic mass is 16.5. The number of hydrogen-bond donors (Lipinski definition) is 1. The number of amides is 2. The third kappa shape index (κ3) is 7.35. The maximum atomic E-state index is 12.7. The molecule has 4 rings (SSSR count). The number of nitrogens with zero attached hydrogens (tertiary/aromatic N) is 2. The zero-order valence-corrected chi connectivity index (χ0v) is 21.9. The summed E-state index contributed by atoms with van der Waals surface area (Å²) in [4.78, 5) is 29.6. The number of methoxy groups -OCH3 is 1. The molecule has 0 aliphatic carbocycles. The van der Waals surface area contributed by atoms with Gasteiger partial charge in [-0.3, -0.25) is 9.59 Å². The average Bonchev–Trinajstić information content (AvgIpc) is 2.94. The molecule has 1 fully saturated rings. The first-order chi connectivity index (χ1) is 18.1. The van der Waals surface area contributed by atoms with Crippen LogP contribution in [-0.4, -0.2) is 50.0 Å². The van der Waals surface area contributed by atoms with Crippen LogP contribution in [0.1, 0.15) is 47.7 Å². The van der Waals surface area contributed by atoms with Crippen molar-refractivity contribution in [1.29, 1.82) is 0 Å². The van der Waals surface area contributed by atoms with Crippen molar-refractivity contribution in [2.24, 2.45) is 0 Å². The van der Waals surface area contributed by atoms with Crippen LogP contribution >= 0.6 is 0 Å². The van der Waals surface area contributed by atoms with Crippen LogP contribution in [0.15, 0.2) is 72.8 Å². The number of ether oxygens (including phenoxy) is 1. The second kappa shape index (κ2) is 12.9.